The number of nitro benzene ring substituents is 1. The van der Waals surface area contributed by atoms with Crippen molar-refractivity contribution in [2.45, 2.75) is 17.2 Å². The number of nitrogens with zero attached hydrogens (tertiary/aromatic N) is 2. The van der Waals surface area contributed by atoms with E-state index < -0.39 is 10.2 Å². The second-order valence-electron chi connectivity index (χ2n) is 5.73. The van der Waals surface area contributed by atoms with E-state index in [0.717, 1.165) is 15.9 Å². The van der Waals surface area contributed by atoms with Gasteiger partial charge in [0.1, 0.15) is 5.75 Å². The number of methoxy groups -OCH3 is 1. The number of non-ortho nitro benzene ring substituents is 1. The summed E-state index contributed by atoms with van der Waals surface area (Å²) in [7, 11) is 1.44. The zero-order chi connectivity index (χ0) is 19.4. The van der Waals surface area contributed by atoms with Gasteiger partial charge in [-0.25, -0.2) is 4.98 Å². The fourth-order valence-electron chi connectivity index (χ4n) is 2.49. The van der Waals surface area contributed by atoms with Gasteiger partial charge in [-0.3, -0.25) is 14.9 Å². The van der Waals surface area contributed by atoms with E-state index in [2.05, 4.69) is 10.3 Å². The normalized spacial score (nSPS) is 11.8. The van der Waals surface area contributed by atoms with Crippen LogP contribution in [-0.4, -0.2) is 28.2 Å². The van der Waals surface area contributed by atoms with Gasteiger partial charge in [0.15, 0.2) is 0 Å². The molecule has 7 nitrogen and oxygen atoms in total. The molecule has 8 heteroatoms. The number of hydrogen-bond acceptors (Lipinski definition) is 6. The molecule has 1 aromatic heterocycles. The molecule has 1 N–H and O–H groups in total. The standard InChI is InChI=1S/C19H17N3O4S/c1-12(27-18-10-7-13-5-3-4-6-15(13)20-18)19(23)21-16-11-14(22(24)25)8-9-17(16)26-2/h3-12H,1-2H3,(H,21,23)/t12-/m1/s1. The molecule has 0 bridgehead atoms. The summed E-state index contributed by atoms with van der Waals surface area (Å²) in [5.74, 6) is 0.0590. The molecule has 0 unspecified atom stereocenters. The SMILES string of the molecule is COc1ccc([N+](=O)[O-])cc1NC(=O)[C@@H](C)Sc1ccc2ccccc2n1. The number of carbonyl (C=O) groups excluding carboxylic acids is 1. The fourth-order valence-corrected chi connectivity index (χ4v) is 3.32. The smallest absolute Gasteiger partial charge is 0.271 e. The molecular weight excluding hydrogens is 366 g/mol. The molecule has 0 saturated heterocycles. The van der Waals surface area contributed by atoms with Gasteiger partial charge in [-0.15, -0.1) is 0 Å². The van der Waals surface area contributed by atoms with Gasteiger partial charge in [0, 0.05) is 17.5 Å². The lowest BCUT2D eigenvalue weighted by atomic mass is 10.2. The first-order valence-electron chi connectivity index (χ1n) is 8.13. The van der Waals surface area contributed by atoms with E-state index in [1.54, 1.807) is 6.92 Å². The summed E-state index contributed by atoms with van der Waals surface area (Å²) >= 11 is 1.31. The Morgan fingerprint density at radius 2 is 2.00 bits per heavy atom. The molecular formula is C19H17N3O4S. The molecule has 0 aliphatic heterocycles. The van der Waals surface area contributed by atoms with Gasteiger partial charge in [0.25, 0.3) is 5.69 Å². The Kier molecular flexibility index (Phi) is 5.56. The predicted molar refractivity (Wildman–Crippen MR) is 105 cm³/mol. The van der Waals surface area contributed by atoms with E-state index in [0.29, 0.717) is 5.75 Å². The molecule has 0 fully saturated rings. The lowest BCUT2D eigenvalue weighted by Crippen LogP contribution is -2.22. The maximum Gasteiger partial charge on any atom is 0.271 e. The first-order valence-corrected chi connectivity index (χ1v) is 9.01. The molecule has 0 aliphatic carbocycles. The maximum atomic E-state index is 12.5. The van der Waals surface area contributed by atoms with Crippen LogP contribution in [-0.2, 0) is 4.79 Å². The van der Waals surface area contributed by atoms with Gasteiger partial charge in [0.2, 0.25) is 5.91 Å². The average Bonchev–Trinajstić information content (AvgIpc) is 2.67. The summed E-state index contributed by atoms with van der Waals surface area (Å²) in [4.78, 5) is 27.5. The Hall–Kier alpha value is -3.13. The average molecular weight is 383 g/mol. The number of para-hydroxylation sites is 1. The summed E-state index contributed by atoms with van der Waals surface area (Å²) in [6.45, 7) is 1.75. The zero-order valence-electron chi connectivity index (χ0n) is 14.7. The minimum Gasteiger partial charge on any atom is -0.495 e. The van der Waals surface area contributed by atoms with Crippen molar-refractivity contribution in [2.75, 3.05) is 12.4 Å². The highest BCUT2D eigenvalue weighted by molar-refractivity contribution is 8.00. The van der Waals surface area contributed by atoms with E-state index >= 15 is 0 Å². The van der Waals surface area contributed by atoms with Crippen LogP contribution in [0.5, 0.6) is 5.75 Å². The Balaban J connectivity index is 1.75. The van der Waals surface area contributed by atoms with Crippen molar-refractivity contribution in [3.05, 3.63) is 64.7 Å². The Bertz CT molecular complexity index is 1010. The third-order valence-electron chi connectivity index (χ3n) is 3.89. The third-order valence-corrected chi connectivity index (χ3v) is 4.93. The number of nitrogens with one attached hydrogen (secondary N) is 1. The van der Waals surface area contributed by atoms with Gasteiger partial charge >= 0.3 is 0 Å². The van der Waals surface area contributed by atoms with E-state index in [1.165, 1.54) is 37.1 Å². The number of thioether (sulfide) groups is 1. The van der Waals surface area contributed by atoms with Gasteiger partial charge in [-0.2, -0.15) is 0 Å². The van der Waals surface area contributed by atoms with Crippen molar-refractivity contribution in [1.82, 2.24) is 4.98 Å². The first-order chi connectivity index (χ1) is 13.0. The van der Waals surface area contributed by atoms with Gasteiger partial charge < -0.3 is 10.1 Å². The lowest BCUT2D eigenvalue weighted by molar-refractivity contribution is -0.384. The minimum absolute atomic E-state index is 0.123. The highest BCUT2D eigenvalue weighted by Crippen LogP contribution is 2.30. The van der Waals surface area contributed by atoms with E-state index in [9.17, 15) is 14.9 Å². The van der Waals surface area contributed by atoms with E-state index in [4.69, 9.17) is 4.74 Å². The number of hydrogen-bond donors (Lipinski definition) is 1. The molecule has 0 aliphatic rings. The Labute approximate surface area is 159 Å². The van der Waals surface area contributed by atoms with Crippen LogP contribution < -0.4 is 10.1 Å². The van der Waals surface area contributed by atoms with Crippen molar-refractivity contribution in [3.63, 3.8) is 0 Å². The molecule has 2 aromatic carbocycles. The molecule has 1 amide bonds. The first kappa shape index (κ1) is 18.7. The van der Waals surface area contributed by atoms with Crippen LogP contribution in [0, 0.1) is 10.1 Å². The van der Waals surface area contributed by atoms with Crippen molar-refractivity contribution < 1.29 is 14.5 Å². The van der Waals surface area contributed by atoms with Gasteiger partial charge in [-0.05, 0) is 25.1 Å². The van der Waals surface area contributed by atoms with E-state index in [-0.39, 0.29) is 17.3 Å². The van der Waals surface area contributed by atoms with Crippen LogP contribution in [0.4, 0.5) is 11.4 Å². The third kappa shape index (κ3) is 4.35. The van der Waals surface area contributed by atoms with Gasteiger partial charge in [-0.1, -0.05) is 36.0 Å². The number of rotatable bonds is 6. The molecule has 0 saturated carbocycles. The number of amides is 1. The van der Waals surface area contributed by atoms with Crippen LogP contribution in [0.15, 0.2) is 59.6 Å². The summed E-state index contributed by atoms with van der Waals surface area (Å²) in [6, 6.07) is 15.6. The largest absolute Gasteiger partial charge is 0.495 e. The number of fused-ring (bicyclic) bond motifs is 1. The highest BCUT2D eigenvalue weighted by atomic mass is 32.2. The number of benzene rings is 2. The van der Waals surface area contributed by atoms with Crippen LogP contribution in [0.2, 0.25) is 0 Å². The van der Waals surface area contributed by atoms with Crippen molar-refractivity contribution in [3.8, 4) is 5.75 Å². The molecule has 3 rings (SSSR count). The highest BCUT2D eigenvalue weighted by Gasteiger charge is 2.19. The molecule has 0 spiro atoms. The number of pyridine rings is 1. The number of ether oxygens (including phenoxy) is 1. The van der Waals surface area contributed by atoms with E-state index in [1.807, 2.05) is 36.4 Å². The monoisotopic (exact) mass is 383 g/mol. The second kappa shape index (κ2) is 8.05. The maximum absolute atomic E-state index is 12.5. The second-order valence-corrected chi connectivity index (χ2v) is 7.09. The number of carbonyl (C=O) groups is 1. The topological polar surface area (TPSA) is 94.4 Å². The Morgan fingerprint density at radius 3 is 2.74 bits per heavy atom. The zero-order valence-corrected chi connectivity index (χ0v) is 15.5. The molecule has 0 radical (unpaired) electrons. The number of aromatic nitrogens is 1. The predicted octanol–water partition coefficient (Wildman–Crippen LogP) is 4.27. The summed E-state index contributed by atoms with van der Waals surface area (Å²) in [5, 5.41) is 15.0. The molecule has 1 heterocycles. The number of anilines is 1. The molecule has 27 heavy (non-hydrogen) atoms. The lowest BCUT2D eigenvalue weighted by Gasteiger charge is -2.14. The summed E-state index contributed by atoms with van der Waals surface area (Å²) in [5.41, 5.74) is 0.994. The van der Waals surface area contributed by atoms with Crippen LogP contribution >= 0.6 is 11.8 Å². The minimum atomic E-state index is -0.522. The fraction of sp³-hybridized carbons (Fsp3) is 0.158. The summed E-state index contributed by atoms with van der Waals surface area (Å²) in [6.07, 6.45) is 0. The quantitative estimate of drug-likeness (QED) is 0.388. The van der Waals surface area contributed by atoms with Crippen molar-refractivity contribution in [1.29, 1.82) is 0 Å². The van der Waals surface area contributed by atoms with Crippen molar-refractivity contribution in [2.24, 2.45) is 0 Å². The van der Waals surface area contributed by atoms with Crippen LogP contribution in [0.3, 0.4) is 0 Å². The van der Waals surface area contributed by atoms with Crippen molar-refractivity contribution >= 4 is 39.9 Å². The number of nitro groups is 1. The van der Waals surface area contributed by atoms with Crippen LogP contribution in [0.1, 0.15) is 6.92 Å². The van der Waals surface area contributed by atoms with Gasteiger partial charge in [0.05, 0.1) is 33.5 Å². The molecule has 138 valence electrons. The van der Waals surface area contributed by atoms with Crippen LogP contribution in [0.25, 0.3) is 10.9 Å². The molecule has 1 atom stereocenters. The summed E-state index contributed by atoms with van der Waals surface area (Å²) < 4.78 is 5.17. The molecule has 3 aromatic rings. The Morgan fingerprint density at radius 1 is 1.22 bits per heavy atom.